The van der Waals surface area contributed by atoms with Crippen molar-refractivity contribution in [2.75, 3.05) is 0 Å². The zero-order chi connectivity index (χ0) is 12.4. The van der Waals surface area contributed by atoms with Crippen LogP contribution >= 0.6 is 0 Å². The van der Waals surface area contributed by atoms with E-state index in [0.717, 1.165) is 16.3 Å². The molecule has 0 amide bonds. The smallest absolute Gasteiger partial charge is 0.331 e. The Balaban J connectivity index is 2.43. The van der Waals surface area contributed by atoms with E-state index in [-0.39, 0.29) is 11.5 Å². The molecule has 0 bridgehead atoms. The molecule has 0 aliphatic carbocycles. The molecule has 1 N–H and O–H groups in total. The average Bonchev–Trinajstić information content (AvgIpc) is 2.36. The molecule has 2 nitrogen and oxygen atoms in total. The van der Waals surface area contributed by atoms with Gasteiger partial charge in [-0.2, -0.15) is 0 Å². The van der Waals surface area contributed by atoms with E-state index in [1.807, 2.05) is 49.4 Å². The van der Waals surface area contributed by atoms with E-state index in [4.69, 9.17) is 5.11 Å². The van der Waals surface area contributed by atoms with E-state index < -0.39 is 5.97 Å². The fraction of sp³-hybridized carbons (Fsp3) is 0.133. The van der Waals surface area contributed by atoms with Gasteiger partial charge in [0.1, 0.15) is 0 Å². The van der Waals surface area contributed by atoms with Crippen molar-refractivity contribution in [3.05, 3.63) is 60.2 Å². The molecule has 0 saturated heterocycles. The molecular weight excluding hydrogens is 212 g/mol. The molecule has 0 aromatic heterocycles. The first-order valence-electron chi connectivity index (χ1n) is 5.50. The van der Waals surface area contributed by atoms with Crippen LogP contribution in [-0.2, 0) is 4.79 Å². The normalized spacial score (nSPS) is 12.3. The number of carbonyl (C=O) groups is 1. The monoisotopic (exact) mass is 226 g/mol. The van der Waals surface area contributed by atoms with Crippen LogP contribution in [0.1, 0.15) is 18.4 Å². The van der Waals surface area contributed by atoms with E-state index >= 15 is 0 Å². The molecule has 0 heterocycles. The predicted molar refractivity (Wildman–Crippen MR) is 69.1 cm³/mol. The Morgan fingerprint density at radius 2 is 1.82 bits per heavy atom. The van der Waals surface area contributed by atoms with Gasteiger partial charge in [0.2, 0.25) is 0 Å². The van der Waals surface area contributed by atoms with Crippen molar-refractivity contribution in [1.82, 2.24) is 0 Å². The highest BCUT2D eigenvalue weighted by molar-refractivity contribution is 5.88. The van der Waals surface area contributed by atoms with Gasteiger partial charge in [-0.25, -0.2) is 4.79 Å². The van der Waals surface area contributed by atoms with Crippen LogP contribution in [0.25, 0.3) is 10.8 Å². The van der Waals surface area contributed by atoms with Crippen LogP contribution in [0.2, 0.25) is 0 Å². The summed E-state index contributed by atoms with van der Waals surface area (Å²) in [4.78, 5) is 10.9. The van der Waals surface area contributed by atoms with E-state index in [2.05, 4.69) is 6.58 Å². The molecule has 0 saturated carbocycles. The maximum atomic E-state index is 10.9. The lowest BCUT2D eigenvalue weighted by Crippen LogP contribution is -2.07. The number of aliphatic carboxylic acids is 1. The minimum Gasteiger partial charge on any atom is -0.478 e. The third kappa shape index (κ3) is 2.21. The van der Waals surface area contributed by atoms with E-state index in [1.54, 1.807) is 0 Å². The van der Waals surface area contributed by atoms with Crippen molar-refractivity contribution in [2.24, 2.45) is 0 Å². The van der Waals surface area contributed by atoms with Crippen LogP contribution < -0.4 is 0 Å². The molecule has 0 aliphatic rings. The fourth-order valence-electron chi connectivity index (χ4n) is 1.86. The van der Waals surface area contributed by atoms with Gasteiger partial charge in [0, 0.05) is 11.5 Å². The van der Waals surface area contributed by atoms with Gasteiger partial charge in [0.05, 0.1) is 0 Å². The Bertz CT molecular complexity index is 584. The Morgan fingerprint density at radius 1 is 1.18 bits per heavy atom. The molecule has 0 aliphatic heterocycles. The summed E-state index contributed by atoms with van der Waals surface area (Å²) in [5.41, 5.74) is 1.20. The van der Waals surface area contributed by atoms with E-state index in [1.165, 1.54) is 0 Å². The molecule has 0 radical (unpaired) electrons. The maximum absolute atomic E-state index is 10.9. The van der Waals surface area contributed by atoms with Crippen LogP contribution in [0.3, 0.4) is 0 Å². The summed E-state index contributed by atoms with van der Waals surface area (Å²) >= 11 is 0. The van der Waals surface area contributed by atoms with Gasteiger partial charge in [0.15, 0.2) is 0 Å². The molecular formula is C15H14O2. The Labute approximate surface area is 100 Å². The second kappa shape index (κ2) is 4.42. The first kappa shape index (κ1) is 11.4. The zero-order valence-corrected chi connectivity index (χ0v) is 9.68. The first-order chi connectivity index (χ1) is 8.09. The van der Waals surface area contributed by atoms with Crippen LogP contribution in [0, 0.1) is 0 Å². The van der Waals surface area contributed by atoms with E-state index in [0.29, 0.717) is 0 Å². The van der Waals surface area contributed by atoms with Crippen molar-refractivity contribution < 1.29 is 9.90 Å². The third-order valence-electron chi connectivity index (χ3n) is 3.07. The van der Waals surface area contributed by atoms with Crippen LogP contribution in [0.4, 0.5) is 0 Å². The third-order valence-corrected chi connectivity index (χ3v) is 3.07. The summed E-state index contributed by atoms with van der Waals surface area (Å²) in [5.74, 6) is -1.11. The van der Waals surface area contributed by atoms with Gasteiger partial charge in [-0.05, 0) is 16.3 Å². The molecule has 2 rings (SSSR count). The number of fused-ring (bicyclic) bond motifs is 1. The van der Waals surface area contributed by atoms with Crippen LogP contribution in [0.15, 0.2) is 54.6 Å². The second-order valence-electron chi connectivity index (χ2n) is 4.16. The number of carboxylic acid groups (broad SMARTS) is 1. The number of carboxylic acids is 1. The minimum atomic E-state index is -0.939. The number of rotatable bonds is 3. The van der Waals surface area contributed by atoms with Crippen molar-refractivity contribution in [3.8, 4) is 0 Å². The summed E-state index contributed by atoms with van der Waals surface area (Å²) in [6, 6.07) is 14.0. The molecule has 17 heavy (non-hydrogen) atoms. The Hall–Kier alpha value is -2.09. The van der Waals surface area contributed by atoms with Crippen LogP contribution in [-0.4, -0.2) is 11.1 Å². The fourth-order valence-corrected chi connectivity index (χ4v) is 1.86. The quantitative estimate of drug-likeness (QED) is 0.812. The molecule has 2 heteroatoms. The largest absolute Gasteiger partial charge is 0.478 e. The summed E-state index contributed by atoms with van der Waals surface area (Å²) in [6.07, 6.45) is 0. The van der Waals surface area contributed by atoms with Gasteiger partial charge < -0.3 is 5.11 Å². The molecule has 1 atom stereocenters. The minimum absolute atomic E-state index is 0.169. The lowest BCUT2D eigenvalue weighted by atomic mass is 9.92. The van der Waals surface area contributed by atoms with Gasteiger partial charge in [-0.3, -0.25) is 0 Å². The molecule has 0 spiro atoms. The average molecular weight is 226 g/mol. The Kier molecular flexibility index (Phi) is 2.96. The SMILES string of the molecule is C=C(C(=O)O)[C@@H](C)c1ccc2ccccc2c1. The summed E-state index contributed by atoms with van der Waals surface area (Å²) < 4.78 is 0. The van der Waals surface area contributed by atoms with Crippen molar-refractivity contribution in [1.29, 1.82) is 0 Å². The highest BCUT2D eigenvalue weighted by Gasteiger charge is 2.15. The van der Waals surface area contributed by atoms with Gasteiger partial charge in [-0.1, -0.05) is 56.0 Å². The zero-order valence-electron chi connectivity index (χ0n) is 9.68. The Morgan fingerprint density at radius 3 is 2.47 bits per heavy atom. The maximum Gasteiger partial charge on any atom is 0.331 e. The molecule has 0 unspecified atom stereocenters. The lowest BCUT2D eigenvalue weighted by Gasteiger charge is -2.12. The van der Waals surface area contributed by atoms with Crippen molar-refractivity contribution in [3.63, 3.8) is 0 Å². The van der Waals surface area contributed by atoms with Crippen LogP contribution in [0.5, 0.6) is 0 Å². The summed E-state index contributed by atoms with van der Waals surface area (Å²) in [7, 11) is 0. The predicted octanol–water partition coefficient (Wildman–Crippen LogP) is 3.58. The van der Waals surface area contributed by atoms with Crippen molar-refractivity contribution in [2.45, 2.75) is 12.8 Å². The van der Waals surface area contributed by atoms with Gasteiger partial charge in [0.25, 0.3) is 0 Å². The summed E-state index contributed by atoms with van der Waals surface area (Å²) in [5, 5.41) is 11.2. The molecule has 2 aromatic rings. The molecule has 0 fully saturated rings. The number of hydrogen-bond donors (Lipinski definition) is 1. The topological polar surface area (TPSA) is 37.3 Å². The highest BCUT2D eigenvalue weighted by Crippen LogP contribution is 2.26. The van der Waals surface area contributed by atoms with Gasteiger partial charge >= 0.3 is 5.97 Å². The number of benzene rings is 2. The molecule has 86 valence electrons. The highest BCUT2D eigenvalue weighted by atomic mass is 16.4. The summed E-state index contributed by atoms with van der Waals surface area (Å²) in [6.45, 7) is 5.47. The first-order valence-corrected chi connectivity index (χ1v) is 5.50. The van der Waals surface area contributed by atoms with Crippen molar-refractivity contribution >= 4 is 16.7 Å². The van der Waals surface area contributed by atoms with Gasteiger partial charge in [-0.15, -0.1) is 0 Å². The standard InChI is InChI=1S/C15H14O2/c1-10(11(2)15(16)17)13-8-7-12-5-3-4-6-14(12)9-13/h3-10H,2H2,1H3,(H,16,17)/t10-/m1/s1. The second-order valence-corrected chi connectivity index (χ2v) is 4.16. The number of hydrogen-bond acceptors (Lipinski definition) is 1. The van der Waals surface area contributed by atoms with E-state index in [9.17, 15) is 4.79 Å². The molecule has 2 aromatic carbocycles. The lowest BCUT2D eigenvalue weighted by molar-refractivity contribution is -0.132.